The smallest absolute Gasteiger partial charge is 0.161 e. The van der Waals surface area contributed by atoms with E-state index in [2.05, 4.69) is 60.4 Å². The standard InChI is InChI=1S/C28H30N2O2/c1-4-15-30-16-14-22-23(18-30)28(20-11-13-25(31-3)26(17-20)32-5-2)29-24-12-10-19-8-6-7-9-21(19)27(22)24/h6-13,17H,4-5,14-16,18H2,1-3H3. The molecule has 0 aliphatic carbocycles. The Morgan fingerprint density at radius 2 is 1.84 bits per heavy atom. The van der Waals surface area contributed by atoms with Crippen LogP contribution in [0.5, 0.6) is 11.5 Å². The van der Waals surface area contributed by atoms with E-state index in [1.807, 2.05) is 13.0 Å². The van der Waals surface area contributed by atoms with E-state index in [0.29, 0.717) is 6.61 Å². The van der Waals surface area contributed by atoms with Gasteiger partial charge < -0.3 is 9.47 Å². The molecule has 1 aliphatic rings. The van der Waals surface area contributed by atoms with Crippen LogP contribution >= 0.6 is 0 Å². The minimum Gasteiger partial charge on any atom is -0.493 e. The summed E-state index contributed by atoms with van der Waals surface area (Å²) in [7, 11) is 1.68. The van der Waals surface area contributed by atoms with Crippen molar-refractivity contribution in [3.8, 4) is 22.8 Å². The Morgan fingerprint density at radius 1 is 0.969 bits per heavy atom. The fourth-order valence-electron chi connectivity index (χ4n) is 5.01. The molecule has 4 heteroatoms. The van der Waals surface area contributed by atoms with Crippen molar-refractivity contribution < 1.29 is 9.47 Å². The van der Waals surface area contributed by atoms with Gasteiger partial charge in [-0.05, 0) is 72.5 Å². The Labute approximate surface area is 189 Å². The van der Waals surface area contributed by atoms with Crippen molar-refractivity contribution in [2.24, 2.45) is 0 Å². The fraction of sp³-hybridized carbons (Fsp3) is 0.321. The molecule has 0 spiro atoms. The summed E-state index contributed by atoms with van der Waals surface area (Å²) in [6.07, 6.45) is 2.20. The van der Waals surface area contributed by atoms with Crippen molar-refractivity contribution in [2.75, 3.05) is 26.8 Å². The highest BCUT2D eigenvalue weighted by Gasteiger charge is 2.24. The maximum absolute atomic E-state index is 5.88. The predicted molar refractivity (Wildman–Crippen MR) is 132 cm³/mol. The molecule has 4 aromatic rings. The molecule has 0 radical (unpaired) electrons. The molecule has 0 saturated heterocycles. The Morgan fingerprint density at radius 3 is 2.66 bits per heavy atom. The van der Waals surface area contributed by atoms with E-state index in [9.17, 15) is 0 Å². The molecule has 0 atom stereocenters. The summed E-state index contributed by atoms with van der Waals surface area (Å²) >= 11 is 0. The molecular formula is C28H30N2O2. The van der Waals surface area contributed by atoms with Crippen LogP contribution in [0.25, 0.3) is 32.9 Å². The Bertz CT molecular complexity index is 1280. The van der Waals surface area contributed by atoms with Crippen LogP contribution in [0.1, 0.15) is 31.4 Å². The Kier molecular flexibility index (Phi) is 5.71. The lowest BCUT2D eigenvalue weighted by atomic mass is 9.89. The molecule has 32 heavy (non-hydrogen) atoms. The molecule has 0 fully saturated rings. The van der Waals surface area contributed by atoms with E-state index in [0.717, 1.165) is 60.7 Å². The first-order chi connectivity index (χ1) is 15.7. The van der Waals surface area contributed by atoms with Crippen LogP contribution in [0, 0.1) is 0 Å². The van der Waals surface area contributed by atoms with Gasteiger partial charge in [0.25, 0.3) is 0 Å². The first kappa shape index (κ1) is 20.8. The summed E-state index contributed by atoms with van der Waals surface area (Å²) < 4.78 is 11.4. The highest BCUT2D eigenvalue weighted by Crippen LogP contribution is 2.39. The lowest BCUT2D eigenvalue weighted by molar-refractivity contribution is 0.255. The SMILES string of the molecule is CCCN1CCc2c(c(-c3ccc(OC)c(OCC)c3)nc3ccc4ccccc4c23)C1. The Balaban J connectivity index is 1.77. The largest absolute Gasteiger partial charge is 0.493 e. The molecule has 0 amide bonds. The number of ether oxygens (including phenoxy) is 2. The molecule has 0 unspecified atom stereocenters. The number of benzene rings is 3. The maximum Gasteiger partial charge on any atom is 0.161 e. The molecule has 0 bridgehead atoms. The number of aromatic nitrogens is 1. The van der Waals surface area contributed by atoms with Gasteiger partial charge in [0.1, 0.15) is 0 Å². The fourth-order valence-corrected chi connectivity index (χ4v) is 5.01. The molecule has 2 heterocycles. The third kappa shape index (κ3) is 3.59. The van der Waals surface area contributed by atoms with Gasteiger partial charge in [0, 0.05) is 24.0 Å². The second-order valence-corrected chi connectivity index (χ2v) is 8.42. The molecular weight excluding hydrogens is 396 g/mol. The van der Waals surface area contributed by atoms with Gasteiger partial charge in [-0.3, -0.25) is 4.90 Å². The van der Waals surface area contributed by atoms with E-state index in [1.54, 1.807) is 7.11 Å². The highest BCUT2D eigenvalue weighted by atomic mass is 16.5. The van der Waals surface area contributed by atoms with E-state index in [4.69, 9.17) is 14.5 Å². The van der Waals surface area contributed by atoms with Gasteiger partial charge in [0.15, 0.2) is 11.5 Å². The van der Waals surface area contributed by atoms with Gasteiger partial charge in [0.05, 0.1) is 24.9 Å². The molecule has 3 aromatic carbocycles. The first-order valence-corrected chi connectivity index (χ1v) is 11.6. The number of fused-ring (bicyclic) bond motifs is 5. The number of methoxy groups -OCH3 is 1. The summed E-state index contributed by atoms with van der Waals surface area (Å²) in [4.78, 5) is 7.79. The van der Waals surface area contributed by atoms with E-state index in [1.165, 1.54) is 27.3 Å². The van der Waals surface area contributed by atoms with E-state index in [-0.39, 0.29) is 0 Å². The zero-order valence-corrected chi connectivity index (χ0v) is 19.1. The van der Waals surface area contributed by atoms with Crippen LogP contribution < -0.4 is 9.47 Å². The summed E-state index contributed by atoms with van der Waals surface area (Å²) in [5.74, 6) is 1.52. The van der Waals surface area contributed by atoms with Crippen LogP contribution in [-0.4, -0.2) is 36.7 Å². The third-order valence-corrected chi connectivity index (χ3v) is 6.43. The average Bonchev–Trinajstić information content (AvgIpc) is 2.83. The van der Waals surface area contributed by atoms with Gasteiger partial charge in [-0.15, -0.1) is 0 Å². The van der Waals surface area contributed by atoms with Crippen LogP contribution in [0.3, 0.4) is 0 Å². The minimum absolute atomic E-state index is 0.597. The summed E-state index contributed by atoms with van der Waals surface area (Å²) in [5.41, 5.74) is 6.00. The monoisotopic (exact) mass is 426 g/mol. The summed E-state index contributed by atoms with van der Waals surface area (Å²) in [5, 5.41) is 3.89. The zero-order valence-electron chi connectivity index (χ0n) is 19.1. The van der Waals surface area contributed by atoms with Crippen molar-refractivity contribution in [3.63, 3.8) is 0 Å². The zero-order chi connectivity index (χ0) is 22.1. The number of hydrogen-bond acceptors (Lipinski definition) is 4. The number of rotatable bonds is 6. The normalized spacial score (nSPS) is 14.0. The van der Waals surface area contributed by atoms with Gasteiger partial charge in [-0.1, -0.05) is 37.3 Å². The third-order valence-electron chi connectivity index (χ3n) is 6.43. The van der Waals surface area contributed by atoms with Crippen LogP contribution in [-0.2, 0) is 13.0 Å². The maximum atomic E-state index is 5.88. The predicted octanol–water partition coefficient (Wildman–Crippen LogP) is 6.23. The molecule has 5 rings (SSSR count). The molecule has 1 aliphatic heterocycles. The number of nitrogens with zero attached hydrogens (tertiary/aromatic N) is 2. The van der Waals surface area contributed by atoms with Crippen molar-refractivity contribution in [1.29, 1.82) is 0 Å². The second-order valence-electron chi connectivity index (χ2n) is 8.42. The average molecular weight is 427 g/mol. The van der Waals surface area contributed by atoms with Crippen molar-refractivity contribution in [1.82, 2.24) is 9.88 Å². The van der Waals surface area contributed by atoms with Crippen LogP contribution in [0.2, 0.25) is 0 Å². The van der Waals surface area contributed by atoms with Gasteiger partial charge in [0.2, 0.25) is 0 Å². The van der Waals surface area contributed by atoms with E-state index < -0.39 is 0 Å². The minimum atomic E-state index is 0.597. The molecule has 0 saturated carbocycles. The van der Waals surface area contributed by atoms with E-state index >= 15 is 0 Å². The van der Waals surface area contributed by atoms with Crippen molar-refractivity contribution in [3.05, 3.63) is 65.7 Å². The van der Waals surface area contributed by atoms with Crippen molar-refractivity contribution in [2.45, 2.75) is 33.2 Å². The topological polar surface area (TPSA) is 34.6 Å². The number of pyridine rings is 1. The van der Waals surface area contributed by atoms with Gasteiger partial charge in [-0.25, -0.2) is 4.98 Å². The molecule has 4 nitrogen and oxygen atoms in total. The van der Waals surface area contributed by atoms with Crippen LogP contribution in [0.4, 0.5) is 0 Å². The second kappa shape index (κ2) is 8.79. The summed E-state index contributed by atoms with van der Waals surface area (Å²) in [6, 6.07) is 19.2. The van der Waals surface area contributed by atoms with Gasteiger partial charge in [-0.2, -0.15) is 0 Å². The van der Waals surface area contributed by atoms with Crippen molar-refractivity contribution >= 4 is 21.7 Å². The molecule has 1 aromatic heterocycles. The highest BCUT2D eigenvalue weighted by molar-refractivity contribution is 6.09. The Hall–Kier alpha value is -3.11. The first-order valence-electron chi connectivity index (χ1n) is 11.6. The van der Waals surface area contributed by atoms with Gasteiger partial charge >= 0.3 is 0 Å². The lowest BCUT2D eigenvalue weighted by Gasteiger charge is -2.31. The summed E-state index contributed by atoms with van der Waals surface area (Å²) in [6.45, 7) is 7.98. The number of hydrogen-bond donors (Lipinski definition) is 0. The lowest BCUT2D eigenvalue weighted by Crippen LogP contribution is -2.32. The molecule has 164 valence electrons. The molecule has 0 N–H and O–H groups in total. The quantitative estimate of drug-likeness (QED) is 0.342. The van der Waals surface area contributed by atoms with Crippen LogP contribution in [0.15, 0.2) is 54.6 Å².